The maximum absolute atomic E-state index is 12.4. The summed E-state index contributed by atoms with van der Waals surface area (Å²) in [5.41, 5.74) is 1.71. The number of phenolic OH excluding ortho intramolecular Hbond substituents is 1. The second kappa shape index (κ2) is 8.19. The molecule has 1 heterocycles. The van der Waals surface area contributed by atoms with Crippen LogP contribution in [0.5, 0.6) is 5.75 Å². The van der Waals surface area contributed by atoms with Crippen LogP contribution >= 0.6 is 0 Å². The molecule has 0 saturated carbocycles. The smallest absolute Gasteiger partial charge is 0.227 e. The molecule has 0 aromatic heterocycles. The van der Waals surface area contributed by atoms with Gasteiger partial charge < -0.3 is 15.3 Å². The highest BCUT2D eigenvalue weighted by atomic mass is 16.3. The molecule has 1 aromatic carbocycles. The fraction of sp³-hybridized carbons (Fsp3) is 0.500. The number of piperidine rings is 1. The van der Waals surface area contributed by atoms with E-state index in [1.165, 1.54) is 18.4 Å². The molecule has 5 nitrogen and oxygen atoms in total. The van der Waals surface area contributed by atoms with Crippen LogP contribution in [0.3, 0.4) is 0 Å². The van der Waals surface area contributed by atoms with Crippen molar-refractivity contribution in [2.45, 2.75) is 44.9 Å². The topological polar surface area (TPSA) is 69.6 Å². The summed E-state index contributed by atoms with van der Waals surface area (Å²) >= 11 is 0. The summed E-state index contributed by atoms with van der Waals surface area (Å²) in [6.45, 7) is 1.26. The summed E-state index contributed by atoms with van der Waals surface area (Å²) in [6.07, 6.45) is 8.66. The first-order valence-electron chi connectivity index (χ1n) is 9.18. The van der Waals surface area contributed by atoms with E-state index < -0.39 is 0 Å². The zero-order chi connectivity index (χ0) is 17.6. The molecule has 1 aromatic rings. The van der Waals surface area contributed by atoms with Gasteiger partial charge in [0.25, 0.3) is 0 Å². The lowest BCUT2D eigenvalue weighted by Crippen LogP contribution is -2.41. The van der Waals surface area contributed by atoms with E-state index in [2.05, 4.69) is 11.4 Å². The van der Waals surface area contributed by atoms with Gasteiger partial charge in [-0.15, -0.1) is 0 Å². The molecule has 0 unspecified atom stereocenters. The highest BCUT2D eigenvalue weighted by Crippen LogP contribution is 2.26. The van der Waals surface area contributed by atoms with Crippen LogP contribution in [-0.2, 0) is 9.59 Å². The van der Waals surface area contributed by atoms with Gasteiger partial charge in [-0.25, -0.2) is 0 Å². The number of anilines is 1. The normalized spacial score (nSPS) is 18.6. The van der Waals surface area contributed by atoms with Gasteiger partial charge in [0, 0.05) is 25.4 Å². The zero-order valence-electron chi connectivity index (χ0n) is 14.5. The SMILES string of the molecule is O=C(Nc1ccccc1O)C1CCN(C(=O)CC2=CCCCC2)CC1. The third-order valence-electron chi connectivity index (χ3n) is 5.14. The molecule has 0 bridgehead atoms. The van der Waals surface area contributed by atoms with Crippen molar-refractivity contribution >= 4 is 17.5 Å². The van der Waals surface area contributed by atoms with Crippen molar-refractivity contribution in [1.29, 1.82) is 0 Å². The first kappa shape index (κ1) is 17.5. The summed E-state index contributed by atoms with van der Waals surface area (Å²) in [5.74, 6) is 0.0677. The Bertz CT molecular complexity index is 661. The standard InChI is InChI=1S/C20H26N2O3/c23-18-9-5-4-8-17(18)21-20(25)16-10-12-22(13-11-16)19(24)14-15-6-2-1-3-7-15/h4-6,8-9,16,23H,1-3,7,10-14H2,(H,21,25). The molecule has 1 aliphatic carbocycles. The van der Waals surface area contributed by atoms with Crippen LogP contribution in [0.1, 0.15) is 44.9 Å². The third kappa shape index (κ3) is 4.62. The number of allylic oxidation sites excluding steroid dienone is 1. The number of phenols is 1. The highest BCUT2D eigenvalue weighted by molar-refractivity contribution is 5.94. The average Bonchev–Trinajstić information content (AvgIpc) is 2.64. The van der Waals surface area contributed by atoms with E-state index in [9.17, 15) is 14.7 Å². The van der Waals surface area contributed by atoms with Crippen molar-refractivity contribution < 1.29 is 14.7 Å². The van der Waals surface area contributed by atoms with E-state index in [-0.39, 0.29) is 23.5 Å². The molecule has 0 spiro atoms. The van der Waals surface area contributed by atoms with E-state index in [1.807, 2.05) is 4.90 Å². The molecule has 1 saturated heterocycles. The van der Waals surface area contributed by atoms with Gasteiger partial charge in [0.2, 0.25) is 11.8 Å². The van der Waals surface area contributed by atoms with Crippen LogP contribution in [-0.4, -0.2) is 34.9 Å². The Hall–Kier alpha value is -2.30. The predicted octanol–water partition coefficient (Wildman–Crippen LogP) is 3.46. The molecule has 3 rings (SSSR count). The molecule has 0 radical (unpaired) electrons. The number of carbonyl (C=O) groups is 2. The summed E-state index contributed by atoms with van der Waals surface area (Å²) in [6, 6.07) is 6.73. The molecule has 2 aliphatic rings. The van der Waals surface area contributed by atoms with Crippen LogP contribution in [0.25, 0.3) is 0 Å². The van der Waals surface area contributed by atoms with E-state index in [0.717, 1.165) is 12.8 Å². The number of hydrogen-bond donors (Lipinski definition) is 2. The molecule has 5 heteroatoms. The minimum atomic E-state index is -0.113. The van der Waals surface area contributed by atoms with Crippen LogP contribution in [0.15, 0.2) is 35.9 Å². The lowest BCUT2D eigenvalue weighted by atomic mass is 9.94. The first-order valence-corrected chi connectivity index (χ1v) is 9.18. The lowest BCUT2D eigenvalue weighted by molar-refractivity contribution is -0.133. The van der Waals surface area contributed by atoms with Crippen molar-refractivity contribution in [3.05, 3.63) is 35.9 Å². The molecule has 2 N–H and O–H groups in total. The fourth-order valence-electron chi connectivity index (χ4n) is 3.58. The Morgan fingerprint density at radius 3 is 2.60 bits per heavy atom. The zero-order valence-corrected chi connectivity index (χ0v) is 14.5. The quantitative estimate of drug-likeness (QED) is 0.650. The van der Waals surface area contributed by atoms with Gasteiger partial charge in [0.05, 0.1) is 5.69 Å². The molecule has 134 valence electrons. The fourth-order valence-corrected chi connectivity index (χ4v) is 3.58. The van der Waals surface area contributed by atoms with Gasteiger partial charge in [0.15, 0.2) is 0 Å². The van der Waals surface area contributed by atoms with Gasteiger partial charge in [-0.05, 0) is 50.7 Å². The molecule has 1 fully saturated rings. The molecular formula is C20H26N2O3. The van der Waals surface area contributed by atoms with Gasteiger partial charge in [-0.2, -0.15) is 0 Å². The van der Waals surface area contributed by atoms with E-state index in [0.29, 0.717) is 38.0 Å². The van der Waals surface area contributed by atoms with E-state index >= 15 is 0 Å². The third-order valence-corrected chi connectivity index (χ3v) is 5.14. The van der Waals surface area contributed by atoms with Crippen LogP contribution in [0.4, 0.5) is 5.69 Å². The predicted molar refractivity (Wildman–Crippen MR) is 97.2 cm³/mol. The second-order valence-electron chi connectivity index (χ2n) is 6.95. The molecule has 2 amide bonds. The minimum Gasteiger partial charge on any atom is -0.506 e. The number of para-hydroxylation sites is 2. The van der Waals surface area contributed by atoms with Crippen molar-refractivity contribution in [2.75, 3.05) is 18.4 Å². The number of amides is 2. The van der Waals surface area contributed by atoms with Gasteiger partial charge >= 0.3 is 0 Å². The number of carbonyl (C=O) groups excluding carboxylic acids is 2. The van der Waals surface area contributed by atoms with Crippen molar-refractivity contribution in [2.24, 2.45) is 5.92 Å². The maximum Gasteiger partial charge on any atom is 0.227 e. The van der Waals surface area contributed by atoms with Gasteiger partial charge in [0.1, 0.15) is 5.75 Å². The second-order valence-corrected chi connectivity index (χ2v) is 6.95. The van der Waals surface area contributed by atoms with Crippen molar-refractivity contribution in [3.63, 3.8) is 0 Å². The van der Waals surface area contributed by atoms with Crippen molar-refractivity contribution in [3.8, 4) is 5.75 Å². The van der Waals surface area contributed by atoms with Gasteiger partial charge in [-0.1, -0.05) is 23.8 Å². The number of hydrogen-bond acceptors (Lipinski definition) is 3. The number of nitrogens with zero attached hydrogens (tertiary/aromatic N) is 1. The Kier molecular flexibility index (Phi) is 5.74. The minimum absolute atomic E-state index is 0.0734. The molecule has 25 heavy (non-hydrogen) atoms. The number of rotatable bonds is 4. The average molecular weight is 342 g/mol. The van der Waals surface area contributed by atoms with E-state index in [4.69, 9.17) is 0 Å². The summed E-state index contributed by atoms with van der Waals surface area (Å²) in [5, 5.41) is 12.5. The monoisotopic (exact) mass is 342 g/mol. The molecular weight excluding hydrogens is 316 g/mol. The summed E-state index contributed by atoms with van der Waals surface area (Å²) in [7, 11) is 0. The Morgan fingerprint density at radius 2 is 1.92 bits per heavy atom. The van der Waals surface area contributed by atoms with Gasteiger partial charge in [-0.3, -0.25) is 9.59 Å². The number of benzene rings is 1. The number of nitrogens with one attached hydrogen (secondary N) is 1. The van der Waals surface area contributed by atoms with Crippen LogP contribution in [0, 0.1) is 5.92 Å². The number of likely N-dealkylation sites (tertiary alicyclic amines) is 1. The number of aromatic hydroxyl groups is 1. The largest absolute Gasteiger partial charge is 0.506 e. The van der Waals surface area contributed by atoms with Crippen LogP contribution in [0.2, 0.25) is 0 Å². The summed E-state index contributed by atoms with van der Waals surface area (Å²) in [4.78, 5) is 26.7. The first-order chi connectivity index (χ1) is 12.1. The highest BCUT2D eigenvalue weighted by Gasteiger charge is 2.28. The lowest BCUT2D eigenvalue weighted by Gasteiger charge is -2.32. The van der Waals surface area contributed by atoms with Crippen LogP contribution < -0.4 is 5.32 Å². The Balaban J connectivity index is 1.48. The maximum atomic E-state index is 12.4. The summed E-state index contributed by atoms with van der Waals surface area (Å²) < 4.78 is 0. The van der Waals surface area contributed by atoms with E-state index in [1.54, 1.807) is 24.3 Å². The van der Waals surface area contributed by atoms with Crippen molar-refractivity contribution in [1.82, 2.24) is 4.90 Å². The Labute approximate surface area is 148 Å². The molecule has 1 aliphatic heterocycles. The molecule has 0 atom stereocenters. The Morgan fingerprint density at radius 1 is 1.16 bits per heavy atom.